The second kappa shape index (κ2) is 16.4. The van der Waals surface area contributed by atoms with E-state index in [4.69, 9.17) is 0 Å². The maximum Gasteiger partial charge on any atom is 0.00862 e. The number of hydrogen-bond acceptors (Lipinski definition) is 2. The first-order valence-corrected chi connectivity index (χ1v) is 9.59. The van der Waals surface area contributed by atoms with Crippen LogP contribution in [0, 0.1) is 0 Å². The summed E-state index contributed by atoms with van der Waals surface area (Å²) in [5.74, 6) is 1.32. The van der Waals surface area contributed by atoms with Gasteiger partial charge in [0.25, 0.3) is 0 Å². The van der Waals surface area contributed by atoms with E-state index in [9.17, 15) is 0 Å². The van der Waals surface area contributed by atoms with E-state index >= 15 is 0 Å². The Balaban J connectivity index is 3.10. The highest BCUT2D eigenvalue weighted by atomic mass is 32.2. The highest BCUT2D eigenvalue weighted by Gasteiger charge is 1.99. The smallest absolute Gasteiger partial charge is 0.00862 e. The van der Waals surface area contributed by atoms with Crippen molar-refractivity contribution in [1.82, 2.24) is 4.31 Å². The number of rotatable bonds is 15. The molecule has 0 aromatic rings. The molecule has 0 saturated carbocycles. The van der Waals surface area contributed by atoms with Crippen molar-refractivity contribution in [1.29, 1.82) is 0 Å². The fraction of sp³-hybridized carbons (Fsp3) is 1.00. The van der Waals surface area contributed by atoms with Crippen molar-refractivity contribution in [2.75, 3.05) is 19.3 Å². The van der Waals surface area contributed by atoms with E-state index in [1.54, 1.807) is 0 Å². The van der Waals surface area contributed by atoms with Crippen LogP contribution in [0.2, 0.25) is 0 Å². The van der Waals surface area contributed by atoms with Crippen molar-refractivity contribution < 1.29 is 0 Å². The SMILES string of the molecule is CCCCCCCCSN(C)CCCCCCCC. The van der Waals surface area contributed by atoms with Crippen LogP contribution in [0.3, 0.4) is 0 Å². The molecule has 0 spiro atoms. The average molecular weight is 288 g/mol. The van der Waals surface area contributed by atoms with Gasteiger partial charge in [0, 0.05) is 12.3 Å². The molecule has 0 fully saturated rings. The second-order valence-corrected chi connectivity index (χ2v) is 7.01. The van der Waals surface area contributed by atoms with Crippen LogP contribution in [0.5, 0.6) is 0 Å². The van der Waals surface area contributed by atoms with Crippen LogP contribution in [0.4, 0.5) is 0 Å². The van der Waals surface area contributed by atoms with Gasteiger partial charge >= 0.3 is 0 Å². The van der Waals surface area contributed by atoms with Gasteiger partial charge in [-0.15, -0.1) is 0 Å². The maximum atomic E-state index is 2.45. The van der Waals surface area contributed by atoms with E-state index < -0.39 is 0 Å². The molecule has 0 unspecified atom stereocenters. The molecule has 2 heteroatoms. The van der Waals surface area contributed by atoms with E-state index in [0.717, 1.165) is 0 Å². The Labute approximate surface area is 127 Å². The fourth-order valence-corrected chi connectivity index (χ4v) is 3.19. The number of hydrogen-bond donors (Lipinski definition) is 0. The Hall–Kier alpha value is 0.310. The quantitative estimate of drug-likeness (QED) is 0.257. The first kappa shape index (κ1) is 19.3. The molecule has 0 atom stereocenters. The van der Waals surface area contributed by atoms with E-state index in [1.165, 1.54) is 89.3 Å². The molecule has 0 aliphatic carbocycles. The first-order valence-electron chi connectivity index (χ1n) is 8.65. The molecule has 0 N–H and O–H groups in total. The second-order valence-electron chi connectivity index (χ2n) is 5.72. The zero-order chi connectivity index (χ0) is 14.2. The summed E-state index contributed by atoms with van der Waals surface area (Å²) < 4.78 is 2.45. The molecule has 0 saturated heterocycles. The summed E-state index contributed by atoms with van der Waals surface area (Å²) in [7, 11) is 2.26. The van der Waals surface area contributed by atoms with E-state index in [0.29, 0.717) is 0 Å². The lowest BCUT2D eigenvalue weighted by Gasteiger charge is -2.15. The summed E-state index contributed by atoms with van der Waals surface area (Å²) in [5, 5.41) is 0. The Bertz CT molecular complexity index is 161. The van der Waals surface area contributed by atoms with Crippen molar-refractivity contribution in [3.05, 3.63) is 0 Å². The van der Waals surface area contributed by atoms with Crippen LogP contribution >= 0.6 is 11.9 Å². The summed E-state index contributed by atoms with van der Waals surface area (Å²) in [6, 6.07) is 0. The molecule has 1 nitrogen and oxygen atoms in total. The molecule has 0 heterocycles. The molecule has 19 heavy (non-hydrogen) atoms. The number of unbranched alkanes of at least 4 members (excludes halogenated alkanes) is 10. The molecule has 0 aliphatic heterocycles. The molecule has 0 bridgehead atoms. The first-order chi connectivity index (χ1) is 9.31. The van der Waals surface area contributed by atoms with Crippen LogP contribution in [-0.4, -0.2) is 23.7 Å². The van der Waals surface area contributed by atoms with Crippen LogP contribution in [0.15, 0.2) is 0 Å². The average Bonchev–Trinajstić information content (AvgIpc) is 2.41. The molecule has 0 rings (SSSR count). The minimum absolute atomic E-state index is 1.27. The molecule has 0 radical (unpaired) electrons. The van der Waals surface area contributed by atoms with Gasteiger partial charge in [0.15, 0.2) is 0 Å². The number of nitrogens with zero attached hydrogens (tertiary/aromatic N) is 1. The lowest BCUT2D eigenvalue weighted by molar-refractivity contribution is 0.506. The maximum absolute atomic E-state index is 2.45. The predicted octanol–water partition coefficient (Wildman–Crippen LogP) is 6.29. The molecule has 0 amide bonds. The van der Waals surface area contributed by atoms with Crippen molar-refractivity contribution in [3.63, 3.8) is 0 Å². The van der Waals surface area contributed by atoms with Crippen molar-refractivity contribution in [2.45, 2.75) is 90.9 Å². The van der Waals surface area contributed by atoms with Crippen LogP contribution in [0.1, 0.15) is 90.9 Å². The van der Waals surface area contributed by atoms with Crippen molar-refractivity contribution in [2.24, 2.45) is 0 Å². The van der Waals surface area contributed by atoms with Gasteiger partial charge < -0.3 is 0 Å². The van der Waals surface area contributed by atoms with Crippen molar-refractivity contribution in [3.8, 4) is 0 Å². The summed E-state index contributed by atoms with van der Waals surface area (Å²) >= 11 is 2.04. The topological polar surface area (TPSA) is 3.24 Å². The Kier molecular flexibility index (Phi) is 16.6. The molecule has 0 aliphatic rings. The van der Waals surface area contributed by atoms with Crippen LogP contribution < -0.4 is 0 Å². The molecular formula is C17H37NS. The van der Waals surface area contributed by atoms with Gasteiger partial charge in [-0.1, -0.05) is 90.0 Å². The third kappa shape index (κ3) is 16.3. The van der Waals surface area contributed by atoms with Gasteiger partial charge in [0.2, 0.25) is 0 Å². The standard InChI is InChI=1S/C17H37NS/c1-4-6-8-10-12-14-16-18(3)19-17-15-13-11-9-7-5-2/h4-17H2,1-3H3. The minimum Gasteiger partial charge on any atom is -0.254 e. The Morgan fingerprint density at radius 3 is 1.68 bits per heavy atom. The minimum atomic E-state index is 1.27. The molecular weight excluding hydrogens is 250 g/mol. The molecule has 116 valence electrons. The molecule has 0 aromatic carbocycles. The van der Waals surface area contributed by atoms with Gasteiger partial charge in [-0.3, -0.25) is 4.31 Å². The Morgan fingerprint density at radius 1 is 0.632 bits per heavy atom. The monoisotopic (exact) mass is 287 g/mol. The highest BCUT2D eigenvalue weighted by molar-refractivity contribution is 7.96. The predicted molar refractivity (Wildman–Crippen MR) is 91.8 cm³/mol. The fourth-order valence-electron chi connectivity index (χ4n) is 2.28. The van der Waals surface area contributed by atoms with Gasteiger partial charge in [0.1, 0.15) is 0 Å². The summed E-state index contributed by atoms with van der Waals surface area (Å²) in [6.07, 6.45) is 16.9. The van der Waals surface area contributed by atoms with Gasteiger partial charge in [-0.25, -0.2) is 0 Å². The van der Waals surface area contributed by atoms with Crippen LogP contribution in [0.25, 0.3) is 0 Å². The third-order valence-corrected chi connectivity index (χ3v) is 4.73. The lowest BCUT2D eigenvalue weighted by atomic mass is 10.1. The lowest BCUT2D eigenvalue weighted by Crippen LogP contribution is -2.11. The van der Waals surface area contributed by atoms with E-state index in [1.807, 2.05) is 11.9 Å². The normalized spacial score (nSPS) is 11.4. The summed E-state index contributed by atoms with van der Waals surface area (Å²) in [6.45, 7) is 5.84. The third-order valence-electron chi connectivity index (χ3n) is 3.64. The van der Waals surface area contributed by atoms with Gasteiger partial charge in [-0.2, -0.15) is 0 Å². The Morgan fingerprint density at radius 2 is 1.11 bits per heavy atom. The molecule has 0 aromatic heterocycles. The summed E-state index contributed by atoms with van der Waals surface area (Å²) in [5.41, 5.74) is 0. The van der Waals surface area contributed by atoms with E-state index in [-0.39, 0.29) is 0 Å². The van der Waals surface area contributed by atoms with Gasteiger partial charge in [-0.05, 0) is 19.9 Å². The highest BCUT2D eigenvalue weighted by Crippen LogP contribution is 2.14. The zero-order valence-corrected chi connectivity index (χ0v) is 14.6. The summed E-state index contributed by atoms with van der Waals surface area (Å²) in [4.78, 5) is 0. The zero-order valence-electron chi connectivity index (χ0n) is 13.8. The van der Waals surface area contributed by atoms with Gasteiger partial charge in [0.05, 0.1) is 0 Å². The van der Waals surface area contributed by atoms with Crippen LogP contribution in [-0.2, 0) is 0 Å². The van der Waals surface area contributed by atoms with Crippen molar-refractivity contribution >= 4 is 11.9 Å². The van der Waals surface area contributed by atoms with E-state index in [2.05, 4.69) is 25.2 Å². The largest absolute Gasteiger partial charge is 0.254 e.